The number of halogens is 2. The predicted octanol–water partition coefficient (Wildman–Crippen LogP) is 5.13. The van der Waals surface area contributed by atoms with Crippen molar-refractivity contribution in [1.29, 1.82) is 0 Å². The fourth-order valence-corrected chi connectivity index (χ4v) is 5.93. The van der Waals surface area contributed by atoms with Gasteiger partial charge in [-0.05, 0) is 64.5 Å². The molecule has 230 valence electrons. The highest BCUT2D eigenvalue weighted by Gasteiger charge is 2.45. The van der Waals surface area contributed by atoms with Gasteiger partial charge in [0.05, 0.1) is 27.8 Å². The molecule has 1 fully saturated rings. The maximum absolute atomic E-state index is 14.0. The van der Waals surface area contributed by atoms with E-state index >= 15 is 0 Å². The Morgan fingerprint density at radius 3 is 2.43 bits per heavy atom. The molecule has 5 amide bonds. The van der Waals surface area contributed by atoms with Crippen molar-refractivity contribution < 1.29 is 19.2 Å². The van der Waals surface area contributed by atoms with E-state index in [1.807, 2.05) is 39.8 Å². The fourth-order valence-electron chi connectivity index (χ4n) is 4.48. The molecule has 1 aliphatic heterocycles. The third-order valence-electron chi connectivity index (χ3n) is 6.89. The van der Waals surface area contributed by atoms with E-state index in [-0.39, 0.29) is 53.4 Å². The molecule has 0 aliphatic carbocycles. The third-order valence-corrected chi connectivity index (χ3v) is 9.19. The predicted molar refractivity (Wildman–Crippen MR) is 170 cm³/mol. The Morgan fingerprint density at radius 1 is 1.10 bits per heavy atom. The second-order valence-electron chi connectivity index (χ2n) is 12.0. The molecule has 1 aliphatic rings. The van der Waals surface area contributed by atoms with Gasteiger partial charge in [0.2, 0.25) is 11.8 Å². The molecule has 13 heteroatoms. The zero-order valence-corrected chi connectivity index (χ0v) is 27.5. The van der Waals surface area contributed by atoms with Gasteiger partial charge in [-0.2, -0.15) is 0 Å². The molecule has 2 aromatic rings. The largest absolute Gasteiger partial charge is 0.355 e. The van der Waals surface area contributed by atoms with Crippen molar-refractivity contribution in [2.24, 2.45) is 0 Å². The van der Waals surface area contributed by atoms with Gasteiger partial charge < -0.3 is 25.3 Å². The van der Waals surface area contributed by atoms with Gasteiger partial charge in [-0.15, -0.1) is 11.3 Å². The molecule has 42 heavy (non-hydrogen) atoms. The van der Waals surface area contributed by atoms with Crippen LogP contribution in [0.25, 0.3) is 0 Å². The van der Waals surface area contributed by atoms with Gasteiger partial charge in [0.1, 0.15) is 10.5 Å². The highest BCUT2D eigenvalue weighted by molar-refractivity contribution is 7.16. The van der Waals surface area contributed by atoms with Crippen LogP contribution in [-0.2, 0) is 15.0 Å². The van der Waals surface area contributed by atoms with Crippen molar-refractivity contribution in [1.82, 2.24) is 20.0 Å². The van der Waals surface area contributed by atoms with E-state index < -0.39 is 11.6 Å². The lowest BCUT2D eigenvalue weighted by atomic mass is 9.93. The summed E-state index contributed by atoms with van der Waals surface area (Å²) in [6, 6.07) is 6.07. The average Bonchev–Trinajstić information content (AvgIpc) is 3.31. The first kappa shape index (κ1) is 33.6. The van der Waals surface area contributed by atoms with Crippen molar-refractivity contribution in [2.75, 3.05) is 57.5 Å². The highest BCUT2D eigenvalue weighted by Crippen LogP contribution is 2.38. The summed E-state index contributed by atoms with van der Waals surface area (Å²) in [7, 11) is 3.93. The molecular formula is C29H40Cl2N6O4S. The van der Waals surface area contributed by atoms with Crippen LogP contribution in [0.5, 0.6) is 0 Å². The minimum Gasteiger partial charge on any atom is -0.355 e. The van der Waals surface area contributed by atoms with Gasteiger partial charge in [-0.25, -0.2) is 4.79 Å². The Labute approximate surface area is 261 Å². The monoisotopic (exact) mass is 638 g/mol. The summed E-state index contributed by atoms with van der Waals surface area (Å²) in [6.07, 6.45) is 0.804. The Bertz CT molecular complexity index is 1340. The minimum atomic E-state index is -1.21. The van der Waals surface area contributed by atoms with Crippen LogP contribution in [-0.4, -0.2) is 90.8 Å². The number of thiophene rings is 1. The summed E-state index contributed by atoms with van der Waals surface area (Å²) in [5.41, 5.74) is -0.897. The smallest absolute Gasteiger partial charge is 0.324 e. The second kappa shape index (κ2) is 13.6. The second-order valence-corrected chi connectivity index (χ2v) is 13.9. The van der Waals surface area contributed by atoms with Crippen LogP contribution >= 0.6 is 34.5 Å². The Balaban J connectivity index is 1.77. The van der Waals surface area contributed by atoms with Crippen molar-refractivity contribution in [2.45, 2.75) is 52.0 Å². The summed E-state index contributed by atoms with van der Waals surface area (Å²) < 4.78 is 0. The first-order chi connectivity index (χ1) is 19.5. The SMILES string of the molecule is CN(C)CCCNC(=O)CN1CCN(C(=O)c2cc(C(C)(C)C)sc2NC(=O)Nc2cccc(Cl)c2Cl)C(C)(C)C1=O. The average molecular weight is 640 g/mol. The van der Waals surface area contributed by atoms with E-state index in [1.165, 1.54) is 21.1 Å². The van der Waals surface area contributed by atoms with Gasteiger partial charge in [-0.3, -0.25) is 19.7 Å². The van der Waals surface area contributed by atoms with Crippen LogP contribution in [0.1, 0.15) is 56.3 Å². The lowest BCUT2D eigenvalue weighted by molar-refractivity contribution is -0.149. The number of carbonyl (C=O) groups is 4. The van der Waals surface area contributed by atoms with Gasteiger partial charge in [0.15, 0.2) is 0 Å². The molecule has 0 radical (unpaired) electrons. The van der Waals surface area contributed by atoms with Gasteiger partial charge in [0, 0.05) is 24.5 Å². The highest BCUT2D eigenvalue weighted by atomic mass is 35.5. The molecule has 1 aromatic carbocycles. The maximum Gasteiger partial charge on any atom is 0.324 e. The number of nitrogens with zero attached hydrogens (tertiary/aromatic N) is 3. The topological polar surface area (TPSA) is 114 Å². The third kappa shape index (κ3) is 8.15. The maximum atomic E-state index is 14.0. The molecule has 0 bridgehead atoms. The first-order valence-corrected chi connectivity index (χ1v) is 15.3. The van der Waals surface area contributed by atoms with Crippen LogP contribution in [0.3, 0.4) is 0 Å². The number of amides is 5. The Kier molecular flexibility index (Phi) is 10.9. The zero-order chi connectivity index (χ0) is 31.4. The number of hydrogen-bond acceptors (Lipinski definition) is 6. The van der Waals surface area contributed by atoms with Gasteiger partial charge in [0.25, 0.3) is 5.91 Å². The van der Waals surface area contributed by atoms with E-state index in [2.05, 4.69) is 16.0 Å². The lowest BCUT2D eigenvalue weighted by Gasteiger charge is -2.45. The summed E-state index contributed by atoms with van der Waals surface area (Å²) in [5, 5.41) is 9.18. The molecule has 0 spiro atoms. The van der Waals surface area contributed by atoms with E-state index in [0.717, 1.165) is 17.8 Å². The molecule has 0 atom stereocenters. The molecule has 0 saturated carbocycles. The Hall–Kier alpha value is -2.86. The molecule has 2 heterocycles. The van der Waals surface area contributed by atoms with Crippen LogP contribution in [0, 0.1) is 0 Å². The number of hydrogen-bond donors (Lipinski definition) is 3. The number of rotatable bonds is 9. The molecule has 3 rings (SSSR count). The summed E-state index contributed by atoms with van der Waals surface area (Å²) >= 11 is 13.6. The van der Waals surface area contributed by atoms with Crippen molar-refractivity contribution in [3.05, 3.63) is 44.8 Å². The number of piperazine rings is 1. The van der Waals surface area contributed by atoms with Crippen LogP contribution < -0.4 is 16.0 Å². The van der Waals surface area contributed by atoms with E-state index in [1.54, 1.807) is 38.1 Å². The summed E-state index contributed by atoms with van der Waals surface area (Å²) in [4.78, 5) is 58.9. The zero-order valence-electron chi connectivity index (χ0n) is 25.2. The van der Waals surface area contributed by atoms with Crippen LogP contribution in [0.15, 0.2) is 24.3 Å². The number of urea groups is 1. The van der Waals surface area contributed by atoms with Gasteiger partial charge in [-0.1, -0.05) is 50.0 Å². The molecule has 1 saturated heterocycles. The normalized spacial score (nSPS) is 15.1. The molecule has 0 unspecified atom stereocenters. The van der Waals surface area contributed by atoms with Crippen LogP contribution in [0.2, 0.25) is 10.0 Å². The molecular weight excluding hydrogens is 599 g/mol. The van der Waals surface area contributed by atoms with Crippen molar-refractivity contribution >= 4 is 69.0 Å². The van der Waals surface area contributed by atoms with Crippen LogP contribution in [0.4, 0.5) is 15.5 Å². The number of nitrogens with one attached hydrogen (secondary N) is 3. The Morgan fingerprint density at radius 2 is 1.79 bits per heavy atom. The number of benzene rings is 1. The number of carbonyl (C=O) groups excluding carboxylic acids is 4. The van der Waals surface area contributed by atoms with E-state index in [9.17, 15) is 19.2 Å². The van der Waals surface area contributed by atoms with Crippen molar-refractivity contribution in [3.8, 4) is 0 Å². The molecule has 10 nitrogen and oxygen atoms in total. The lowest BCUT2D eigenvalue weighted by Crippen LogP contribution is -2.65. The minimum absolute atomic E-state index is 0.0715. The number of anilines is 2. The molecule has 3 N–H and O–H groups in total. The first-order valence-electron chi connectivity index (χ1n) is 13.7. The summed E-state index contributed by atoms with van der Waals surface area (Å²) in [5.74, 6) is -0.939. The van der Waals surface area contributed by atoms with Gasteiger partial charge >= 0.3 is 6.03 Å². The standard InChI is InChI=1S/C29H40Cl2N6O4S/c1-28(2,3)21-16-18(24(42-21)34-27(41)33-20-11-8-10-19(30)23(20)31)25(39)37-15-14-36(26(40)29(37,4)5)17-22(38)32-12-9-13-35(6)7/h8,10-11,16H,9,12-15,17H2,1-7H3,(H,32,38)(H2,33,34,41). The quantitative estimate of drug-likeness (QED) is 0.330. The summed E-state index contributed by atoms with van der Waals surface area (Å²) in [6.45, 7) is 11.1. The van der Waals surface area contributed by atoms with E-state index in [0.29, 0.717) is 22.3 Å². The van der Waals surface area contributed by atoms with Crippen molar-refractivity contribution in [3.63, 3.8) is 0 Å². The molecule has 1 aromatic heterocycles. The van der Waals surface area contributed by atoms with E-state index in [4.69, 9.17) is 23.2 Å². The fraction of sp³-hybridized carbons (Fsp3) is 0.517.